The molecular weight excluding hydrogens is 506 g/mol. The zero-order chi connectivity index (χ0) is 27.1. The number of amides is 2. The zero-order valence-corrected chi connectivity index (χ0v) is 22.5. The number of likely N-dealkylation sites (N-methyl/N-ethyl adjacent to an activating group) is 1. The van der Waals surface area contributed by atoms with Gasteiger partial charge in [-0.3, -0.25) is 14.4 Å². The van der Waals surface area contributed by atoms with Crippen molar-refractivity contribution in [3.63, 3.8) is 0 Å². The van der Waals surface area contributed by atoms with Crippen molar-refractivity contribution in [1.82, 2.24) is 14.9 Å². The van der Waals surface area contributed by atoms with Crippen LogP contribution in [0.1, 0.15) is 50.2 Å². The molecule has 2 amide bonds. The van der Waals surface area contributed by atoms with E-state index in [1.54, 1.807) is 24.9 Å². The van der Waals surface area contributed by atoms with Gasteiger partial charge >= 0.3 is 0 Å². The Morgan fingerprint density at radius 3 is 2.84 bits per heavy atom. The Balaban J connectivity index is 1.37. The largest absolute Gasteiger partial charge is 0.375 e. The molecule has 9 nitrogen and oxygen atoms in total. The first-order valence-electron chi connectivity index (χ1n) is 12.4. The molecule has 0 fully saturated rings. The van der Waals surface area contributed by atoms with Crippen LogP contribution in [-0.2, 0) is 29.1 Å². The van der Waals surface area contributed by atoms with Crippen LogP contribution in [0.15, 0.2) is 30.3 Å². The molecule has 1 aromatic heterocycles. The predicted molar refractivity (Wildman–Crippen MR) is 146 cm³/mol. The van der Waals surface area contributed by atoms with Crippen molar-refractivity contribution in [3.8, 4) is 11.1 Å². The highest BCUT2D eigenvalue weighted by molar-refractivity contribution is 6.34. The molecule has 0 saturated heterocycles. The number of hydrazine groups is 1. The number of H-pyrrole nitrogens is 1. The van der Waals surface area contributed by atoms with E-state index in [1.165, 1.54) is 0 Å². The third-order valence-electron chi connectivity index (χ3n) is 7.15. The second kappa shape index (κ2) is 10.2. The third kappa shape index (κ3) is 4.80. The van der Waals surface area contributed by atoms with Crippen molar-refractivity contribution >= 4 is 41.1 Å². The number of aromatic nitrogens is 1. The standard InChI is InChI=1S/C28H30ClN5O4/c1-15-7-20(25(12-35)30-15)28(37)34(4)16(2)13-38-14-22-19(5-6-24-21(22)11-33(3)32-24)17-8-18-10-26(36)31-27(18)23(29)9-17/h5-9,12,16,30,32H,10-11,13-14H2,1-4H3,(H,31,36)/t16-/m1/s1. The van der Waals surface area contributed by atoms with E-state index in [4.69, 9.17) is 16.3 Å². The predicted octanol–water partition coefficient (Wildman–Crippen LogP) is 4.40. The van der Waals surface area contributed by atoms with Crippen LogP contribution in [0.3, 0.4) is 0 Å². The Morgan fingerprint density at radius 1 is 1.29 bits per heavy atom. The molecule has 1 atom stereocenters. The van der Waals surface area contributed by atoms with E-state index in [2.05, 4.69) is 15.7 Å². The molecule has 3 N–H and O–H groups in total. The van der Waals surface area contributed by atoms with Crippen LogP contribution in [0.5, 0.6) is 0 Å². The number of aldehydes is 1. The molecule has 0 spiro atoms. The number of hydrogen-bond donors (Lipinski definition) is 3. The summed E-state index contributed by atoms with van der Waals surface area (Å²) in [6.07, 6.45) is 0.962. The molecule has 0 bridgehead atoms. The summed E-state index contributed by atoms with van der Waals surface area (Å²) in [5.41, 5.74) is 11.4. The summed E-state index contributed by atoms with van der Waals surface area (Å²) in [5.74, 6) is -0.305. The maximum absolute atomic E-state index is 13.0. The van der Waals surface area contributed by atoms with Gasteiger partial charge in [-0.1, -0.05) is 17.7 Å². The van der Waals surface area contributed by atoms with Crippen molar-refractivity contribution in [2.24, 2.45) is 0 Å². The summed E-state index contributed by atoms with van der Waals surface area (Å²) >= 11 is 6.54. The lowest BCUT2D eigenvalue weighted by atomic mass is 9.93. The molecule has 2 aliphatic rings. The van der Waals surface area contributed by atoms with Gasteiger partial charge in [0.25, 0.3) is 5.91 Å². The maximum atomic E-state index is 13.0. The number of carbonyl (C=O) groups excluding carboxylic acids is 3. The molecule has 3 aromatic rings. The van der Waals surface area contributed by atoms with Crippen molar-refractivity contribution < 1.29 is 19.1 Å². The number of nitrogens with zero attached hydrogens (tertiary/aromatic N) is 2. The van der Waals surface area contributed by atoms with Gasteiger partial charge in [-0.2, -0.15) is 0 Å². The number of fused-ring (bicyclic) bond motifs is 2. The smallest absolute Gasteiger partial charge is 0.256 e. The van der Waals surface area contributed by atoms with Crippen molar-refractivity contribution in [3.05, 3.63) is 69.0 Å². The van der Waals surface area contributed by atoms with Crippen molar-refractivity contribution in [2.45, 2.75) is 39.5 Å². The third-order valence-corrected chi connectivity index (χ3v) is 7.45. The highest BCUT2D eigenvalue weighted by atomic mass is 35.5. The van der Waals surface area contributed by atoms with Gasteiger partial charge in [-0.25, -0.2) is 5.01 Å². The molecule has 198 valence electrons. The summed E-state index contributed by atoms with van der Waals surface area (Å²) in [5, 5.41) is 5.34. The van der Waals surface area contributed by atoms with Gasteiger partial charge in [-0.15, -0.1) is 0 Å². The molecule has 2 aliphatic heterocycles. The first-order chi connectivity index (χ1) is 18.2. The summed E-state index contributed by atoms with van der Waals surface area (Å²) in [6, 6.07) is 9.42. The number of benzene rings is 2. The van der Waals surface area contributed by atoms with E-state index in [1.807, 2.05) is 43.2 Å². The number of ether oxygens (including phenoxy) is 1. The molecule has 0 aliphatic carbocycles. The lowest BCUT2D eigenvalue weighted by Crippen LogP contribution is -2.38. The molecule has 38 heavy (non-hydrogen) atoms. The Labute approximate surface area is 226 Å². The molecule has 0 saturated carbocycles. The Bertz CT molecular complexity index is 1450. The minimum Gasteiger partial charge on any atom is -0.375 e. The fourth-order valence-electron chi connectivity index (χ4n) is 5.06. The average molecular weight is 536 g/mol. The van der Waals surface area contributed by atoms with Crippen LogP contribution in [-0.4, -0.2) is 59.7 Å². The number of rotatable bonds is 8. The van der Waals surface area contributed by atoms with Gasteiger partial charge in [0.05, 0.1) is 53.3 Å². The van der Waals surface area contributed by atoms with Gasteiger partial charge in [0.15, 0.2) is 6.29 Å². The van der Waals surface area contributed by atoms with Gasteiger partial charge in [0.2, 0.25) is 5.91 Å². The second-order valence-corrected chi connectivity index (χ2v) is 10.4. The summed E-state index contributed by atoms with van der Waals surface area (Å²) in [6.45, 7) is 5.05. The number of aryl methyl sites for hydroxylation is 1. The van der Waals surface area contributed by atoms with Crippen molar-refractivity contribution in [1.29, 1.82) is 0 Å². The first-order valence-corrected chi connectivity index (χ1v) is 12.8. The number of anilines is 2. The second-order valence-electron chi connectivity index (χ2n) is 9.98. The molecule has 0 radical (unpaired) electrons. The van der Waals surface area contributed by atoms with Gasteiger partial charge in [0.1, 0.15) is 0 Å². The van der Waals surface area contributed by atoms with Crippen LogP contribution < -0.4 is 10.7 Å². The SMILES string of the molecule is Cc1cc(C(=O)N(C)[C@H](C)COCc2c(-c3cc(Cl)c4c(c3)CC(=O)N4)ccc3c2CN(C)N3)c(C=O)[nH]1. The monoisotopic (exact) mass is 535 g/mol. The topological polar surface area (TPSA) is 107 Å². The molecule has 5 rings (SSSR count). The Kier molecular flexibility index (Phi) is 7.00. The minimum atomic E-state index is -0.240. The van der Waals surface area contributed by atoms with E-state index in [0.717, 1.165) is 39.2 Å². The van der Waals surface area contributed by atoms with Gasteiger partial charge in [0, 0.05) is 26.3 Å². The summed E-state index contributed by atoms with van der Waals surface area (Å²) in [4.78, 5) is 40.8. The Hall–Kier alpha value is -3.66. The zero-order valence-electron chi connectivity index (χ0n) is 21.8. The normalized spacial score (nSPS) is 15.0. The quantitative estimate of drug-likeness (QED) is 0.369. The minimum absolute atomic E-state index is 0.0647. The van der Waals surface area contributed by atoms with E-state index in [-0.39, 0.29) is 23.6 Å². The number of hydrogen-bond acceptors (Lipinski definition) is 6. The van der Waals surface area contributed by atoms with E-state index >= 15 is 0 Å². The lowest BCUT2D eigenvalue weighted by molar-refractivity contribution is -0.115. The highest BCUT2D eigenvalue weighted by Gasteiger charge is 2.26. The van der Waals surface area contributed by atoms with E-state index < -0.39 is 0 Å². The molecule has 2 aromatic carbocycles. The number of carbonyl (C=O) groups is 3. The van der Waals surface area contributed by atoms with E-state index in [9.17, 15) is 14.4 Å². The number of halogens is 1. The van der Waals surface area contributed by atoms with Crippen molar-refractivity contribution in [2.75, 3.05) is 31.4 Å². The summed E-state index contributed by atoms with van der Waals surface area (Å²) < 4.78 is 6.20. The highest BCUT2D eigenvalue weighted by Crippen LogP contribution is 2.40. The van der Waals surface area contributed by atoms with Crippen LogP contribution in [0.25, 0.3) is 11.1 Å². The maximum Gasteiger partial charge on any atom is 0.256 e. The van der Waals surface area contributed by atoms with Gasteiger partial charge < -0.3 is 25.4 Å². The van der Waals surface area contributed by atoms with Gasteiger partial charge in [-0.05, 0) is 65.9 Å². The fraction of sp³-hybridized carbons (Fsp3) is 0.321. The summed E-state index contributed by atoms with van der Waals surface area (Å²) in [7, 11) is 3.69. The fourth-order valence-corrected chi connectivity index (χ4v) is 5.35. The van der Waals surface area contributed by atoms with Crippen LogP contribution >= 0.6 is 11.6 Å². The Morgan fingerprint density at radius 2 is 2.08 bits per heavy atom. The molecule has 3 heterocycles. The molecule has 10 heteroatoms. The van der Waals surface area contributed by atoms with Crippen LogP contribution in [0, 0.1) is 6.92 Å². The molecule has 0 unspecified atom stereocenters. The first kappa shape index (κ1) is 26.0. The average Bonchev–Trinajstić information content (AvgIpc) is 3.57. The van der Waals surface area contributed by atoms with Crippen LogP contribution in [0.2, 0.25) is 5.02 Å². The lowest BCUT2D eigenvalue weighted by Gasteiger charge is -2.25. The number of aromatic amines is 1. The van der Waals surface area contributed by atoms with Crippen LogP contribution in [0.4, 0.5) is 11.4 Å². The van der Waals surface area contributed by atoms with E-state index in [0.29, 0.717) is 48.7 Å². The number of nitrogens with one attached hydrogen (secondary N) is 3. The molecular formula is C28H30ClN5O4.